The molecule has 3 rings (SSSR count). The minimum atomic E-state index is -1.01. The van der Waals surface area contributed by atoms with E-state index in [1.165, 1.54) is 21.0 Å². The van der Waals surface area contributed by atoms with Crippen molar-refractivity contribution in [2.75, 3.05) is 7.11 Å². The Morgan fingerprint density at radius 1 is 0.906 bits per heavy atom. The molecule has 0 saturated carbocycles. The van der Waals surface area contributed by atoms with Gasteiger partial charge >= 0.3 is 11.9 Å². The second kappa shape index (κ2) is 11.5. The molecular weight excluding hydrogens is 414 g/mol. The third-order valence-corrected chi connectivity index (χ3v) is 4.78. The molecule has 0 unspecified atom stereocenters. The SMILES string of the molecule is CO[C@H]1O[C@H](C=Nc2ccccc2)[C@@H](OCc2ccccc2)[C@H](OC(C)=O)[C@H]1OC(C)=O. The maximum absolute atomic E-state index is 11.9. The summed E-state index contributed by atoms with van der Waals surface area (Å²) in [6.45, 7) is 2.77. The normalized spacial score (nSPS) is 25.4. The Bertz CT molecular complexity index is 903. The van der Waals surface area contributed by atoms with Crippen LogP contribution in [0.1, 0.15) is 19.4 Å². The van der Waals surface area contributed by atoms with Crippen LogP contribution in [0.2, 0.25) is 0 Å². The van der Waals surface area contributed by atoms with Gasteiger partial charge < -0.3 is 23.7 Å². The fourth-order valence-electron chi connectivity index (χ4n) is 3.42. The Kier molecular flexibility index (Phi) is 8.49. The maximum atomic E-state index is 11.9. The summed E-state index contributed by atoms with van der Waals surface area (Å²) in [5.74, 6) is -1.10. The monoisotopic (exact) mass is 441 g/mol. The molecule has 0 aromatic heterocycles. The molecule has 1 heterocycles. The van der Waals surface area contributed by atoms with Gasteiger partial charge in [0.25, 0.3) is 0 Å². The fraction of sp³-hybridized carbons (Fsp3) is 0.375. The van der Waals surface area contributed by atoms with Gasteiger partial charge in [-0.15, -0.1) is 0 Å². The largest absolute Gasteiger partial charge is 0.455 e. The van der Waals surface area contributed by atoms with Crippen LogP contribution in [-0.2, 0) is 39.9 Å². The number of methoxy groups -OCH3 is 1. The maximum Gasteiger partial charge on any atom is 0.303 e. The number of carbonyl (C=O) groups excluding carboxylic acids is 2. The van der Waals surface area contributed by atoms with E-state index in [0.29, 0.717) is 0 Å². The zero-order valence-corrected chi connectivity index (χ0v) is 18.2. The molecule has 0 N–H and O–H groups in total. The molecule has 0 bridgehead atoms. The van der Waals surface area contributed by atoms with E-state index in [-0.39, 0.29) is 6.61 Å². The average molecular weight is 441 g/mol. The number of hydrogen-bond donors (Lipinski definition) is 0. The molecule has 0 radical (unpaired) electrons. The summed E-state index contributed by atoms with van der Waals surface area (Å²) in [5, 5.41) is 0. The molecule has 5 atom stereocenters. The summed E-state index contributed by atoms with van der Waals surface area (Å²) in [4.78, 5) is 28.1. The van der Waals surface area contributed by atoms with Crippen molar-refractivity contribution in [3.8, 4) is 0 Å². The van der Waals surface area contributed by atoms with Crippen molar-refractivity contribution >= 4 is 23.8 Å². The first kappa shape index (κ1) is 23.6. The minimum absolute atomic E-state index is 0.229. The molecule has 1 aliphatic heterocycles. The van der Waals surface area contributed by atoms with E-state index < -0.39 is 42.6 Å². The van der Waals surface area contributed by atoms with Crippen LogP contribution >= 0.6 is 0 Å². The van der Waals surface area contributed by atoms with Crippen molar-refractivity contribution in [2.24, 2.45) is 4.99 Å². The van der Waals surface area contributed by atoms with Crippen LogP contribution in [-0.4, -0.2) is 56.0 Å². The molecule has 0 spiro atoms. The number of esters is 2. The van der Waals surface area contributed by atoms with Crippen LogP contribution in [0.3, 0.4) is 0 Å². The molecular formula is C24H27NO7. The standard InChI is InChI=1S/C24H27NO7/c1-16(26)30-22-21(29-15-18-10-6-4-7-11-18)20(14-25-19-12-8-5-9-13-19)32-24(28-3)23(22)31-17(2)27/h4-14,20-24H,15H2,1-3H3/t20-,21-,22+,23-,24+/m1/s1. The van der Waals surface area contributed by atoms with Gasteiger partial charge in [-0.05, 0) is 17.7 Å². The number of para-hydroxylation sites is 1. The summed E-state index contributed by atoms with van der Waals surface area (Å²) in [5.41, 5.74) is 1.64. The Morgan fingerprint density at radius 3 is 2.09 bits per heavy atom. The molecule has 8 nitrogen and oxygen atoms in total. The molecule has 32 heavy (non-hydrogen) atoms. The highest BCUT2D eigenvalue weighted by Gasteiger charge is 2.50. The Hall–Kier alpha value is -3.07. The smallest absolute Gasteiger partial charge is 0.303 e. The first-order valence-corrected chi connectivity index (χ1v) is 10.3. The fourth-order valence-corrected chi connectivity index (χ4v) is 3.42. The van der Waals surface area contributed by atoms with Crippen molar-refractivity contribution in [1.29, 1.82) is 0 Å². The topological polar surface area (TPSA) is 92.7 Å². The van der Waals surface area contributed by atoms with E-state index in [1.807, 2.05) is 60.7 Å². The lowest BCUT2D eigenvalue weighted by Crippen LogP contribution is -2.61. The van der Waals surface area contributed by atoms with Crippen LogP contribution in [0.5, 0.6) is 0 Å². The minimum Gasteiger partial charge on any atom is -0.455 e. The van der Waals surface area contributed by atoms with Gasteiger partial charge in [0.15, 0.2) is 18.5 Å². The molecule has 8 heteroatoms. The predicted octanol–water partition coefficient (Wildman–Crippen LogP) is 3.21. The van der Waals surface area contributed by atoms with E-state index in [4.69, 9.17) is 23.7 Å². The first-order chi connectivity index (χ1) is 15.5. The Labute approximate surface area is 187 Å². The zero-order chi connectivity index (χ0) is 22.9. The van der Waals surface area contributed by atoms with Crippen molar-refractivity contribution in [1.82, 2.24) is 0 Å². The van der Waals surface area contributed by atoms with Gasteiger partial charge in [0.05, 0.1) is 12.3 Å². The van der Waals surface area contributed by atoms with Gasteiger partial charge in [-0.2, -0.15) is 0 Å². The quantitative estimate of drug-likeness (QED) is 0.459. The second-order valence-electron chi connectivity index (χ2n) is 7.23. The summed E-state index contributed by atoms with van der Waals surface area (Å²) in [6, 6.07) is 18.9. The third kappa shape index (κ3) is 6.46. The van der Waals surface area contributed by atoms with Crippen LogP contribution in [0.25, 0.3) is 0 Å². The highest BCUT2D eigenvalue weighted by molar-refractivity contribution is 5.70. The summed E-state index contributed by atoms with van der Waals surface area (Å²) in [7, 11) is 1.42. The lowest BCUT2D eigenvalue weighted by atomic mass is 9.98. The van der Waals surface area contributed by atoms with Crippen molar-refractivity contribution < 1.29 is 33.3 Å². The molecule has 2 aromatic rings. The van der Waals surface area contributed by atoms with E-state index in [9.17, 15) is 9.59 Å². The van der Waals surface area contributed by atoms with E-state index in [0.717, 1.165) is 11.3 Å². The number of carbonyl (C=O) groups is 2. The number of nitrogens with zero attached hydrogens (tertiary/aromatic N) is 1. The van der Waals surface area contributed by atoms with Gasteiger partial charge in [0.1, 0.15) is 12.2 Å². The molecule has 0 amide bonds. The average Bonchev–Trinajstić information content (AvgIpc) is 2.79. The zero-order valence-electron chi connectivity index (χ0n) is 18.2. The van der Waals surface area contributed by atoms with E-state index in [1.54, 1.807) is 6.21 Å². The molecule has 1 aliphatic rings. The number of benzene rings is 2. The molecule has 170 valence electrons. The molecule has 1 saturated heterocycles. The lowest BCUT2D eigenvalue weighted by molar-refractivity contribution is -0.290. The Balaban J connectivity index is 1.92. The summed E-state index contributed by atoms with van der Waals surface area (Å²) in [6.07, 6.45) is -2.92. The van der Waals surface area contributed by atoms with Gasteiger partial charge in [0, 0.05) is 27.2 Å². The Morgan fingerprint density at radius 2 is 1.50 bits per heavy atom. The number of aliphatic imine (C=N–C) groups is 1. The van der Waals surface area contributed by atoms with Crippen molar-refractivity contribution in [2.45, 2.75) is 51.2 Å². The molecule has 0 aliphatic carbocycles. The van der Waals surface area contributed by atoms with Crippen molar-refractivity contribution in [3.05, 3.63) is 66.2 Å². The van der Waals surface area contributed by atoms with Gasteiger partial charge in [-0.3, -0.25) is 14.6 Å². The second-order valence-corrected chi connectivity index (χ2v) is 7.23. The van der Waals surface area contributed by atoms with Crippen LogP contribution in [0, 0.1) is 0 Å². The highest BCUT2D eigenvalue weighted by atomic mass is 16.7. The lowest BCUT2D eigenvalue weighted by Gasteiger charge is -2.43. The molecule has 1 fully saturated rings. The van der Waals surface area contributed by atoms with Crippen LogP contribution < -0.4 is 0 Å². The summed E-state index contributed by atoms with van der Waals surface area (Å²) < 4.78 is 28.5. The number of rotatable bonds is 8. The van der Waals surface area contributed by atoms with Gasteiger partial charge in [-0.1, -0.05) is 48.5 Å². The van der Waals surface area contributed by atoms with E-state index >= 15 is 0 Å². The van der Waals surface area contributed by atoms with Gasteiger partial charge in [-0.25, -0.2) is 0 Å². The first-order valence-electron chi connectivity index (χ1n) is 10.3. The molecule has 2 aromatic carbocycles. The number of hydrogen-bond acceptors (Lipinski definition) is 8. The highest BCUT2D eigenvalue weighted by Crippen LogP contribution is 2.29. The van der Waals surface area contributed by atoms with Gasteiger partial charge in [0.2, 0.25) is 0 Å². The number of ether oxygens (including phenoxy) is 5. The van der Waals surface area contributed by atoms with Crippen LogP contribution in [0.4, 0.5) is 5.69 Å². The predicted molar refractivity (Wildman–Crippen MR) is 116 cm³/mol. The van der Waals surface area contributed by atoms with Crippen LogP contribution in [0.15, 0.2) is 65.7 Å². The van der Waals surface area contributed by atoms with E-state index in [2.05, 4.69) is 4.99 Å². The van der Waals surface area contributed by atoms with Crippen molar-refractivity contribution in [3.63, 3.8) is 0 Å². The summed E-state index contributed by atoms with van der Waals surface area (Å²) >= 11 is 0. The third-order valence-electron chi connectivity index (χ3n) is 4.78.